The van der Waals surface area contributed by atoms with Crippen LogP contribution in [0.1, 0.15) is 38.2 Å². The van der Waals surface area contributed by atoms with Crippen molar-refractivity contribution in [2.45, 2.75) is 73.9 Å². The topological polar surface area (TPSA) is 52.6 Å². The van der Waals surface area contributed by atoms with Crippen LogP contribution in [-0.2, 0) is 21.0 Å². The molecular formula is C28H40O4SSi. The molecule has 2 aromatic rings. The van der Waals surface area contributed by atoms with Crippen molar-refractivity contribution in [3.8, 4) is 5.75 Å². The van der Waals surface area contributed by atoms with Crippen LogP contribution < -0.4 is 9.92 Å². The van der Waals surface area contributed by atoms with E-state index in [9.17, 15) is 8.42 Å². The van der Waals surface area contributed by atoms with Crippen molar-refractivity contribution in [3.05, 3.63) is 66.7 Å². The second-order valence-corrected chi connectivity index (χ2v) is 17.4. The number of methoxy groups -OCH3 is 2. The Bertz CT molecular complexity index is 1100. The fourth-order valence-corrected chi connectivity index (χ4v) is 11.3. The summed E-state index contributed by atoms with van der Waals surface area (Å²) in [4.78, 5) is 0.513. The first kappa shape index (κ1) is 26.7. The van der Waals surface area contributed by atoms with Gasteiger partial charge in [-0.25, -0.2) is 8.42 Å². The Kier molecular flexibility index (Phi) is 8.48. The third-order valence-corrected chi connectivity index (χ3v) is 13.8. The molecule has 0 N–H and O–H groups in total. The van der Waals surface area contributed by atoms with E-state index in [4.69, 9.17) is 9.47 Å². The SMILES string of the molecule is C=CC[Si](C)(C)c1ccccc1S(=O)(=O)[C@]1(C)CCC[C@@H](OC)[C@H]1CCc1cccc(OC)c1. The highest BCUT2D eigenvalue weighted by Gasteiger charge is 2.52. The van der Waals surface area contributed by atoms with Crippen molar-refractivity contribution in [2.24, 2.45) is 5.92 Å². The van der Waals surface area contributed by atoms with Gasteiger partial charge in [-0.15, -0.1) is 6.58 Å². The zero-order valence-electron chi connectivity index (χ0n) is 21.3. The first-order chi connectivity index (χ1) is 16.1. The summed E-state index contributed by atoms with van der Waals surface area (Å²) in [5.74, 6) is 0.725. The van der Waals surface area contributed by atoms with Crippen LogP contribution in [0.2, 0.25) is 19.1 Å². The molecule has 0 saturated heterocycles. The van der Waals surface area contributed by atoms with Crippen molar-refractivity contribution in [1.82, 2.24) is 0 Å². The molecule has 0 aromatic heterocycles. The van der Waals surface area contributed by atoms with E-state index in [1.807, 2.05) is 55.5 Å². The highest BCUT2D eigenvalue weighted by molar-refractivity contribution is 7.93. The molecule has 1 saturated carbocycles. The van der Waals surface area contributed by atoms with Crippen molar-refractivity contribution in [3.63, 3.8) is 0 Å². The summed E-state index contributed by atoms with van der Waals surface area (Å²) in [6.45, 7) is 10.3. The molecule has 0 heterocycles. The van der Waals surface area contributed by atoms with Crippen LogP contribution in [0.25, 0.3) is 0 Å². The third kappa shape index (κ3) is 5.19. The molecule has 1 aliphatic carbocycles. The highest BCUT2D eigenvalue weighted by atomic mass is 32.2. The van der Waals surface area contributed by atoms with Crippen LogP contribution in [0.15, 0.2) is 66.1 Å². The quantitative estimate of drug-likeness (QED) is 0.307. The van der Waals surface area contributed by atoms with Crippen LogP contribution in [0.3, 0.4) is 0 Å². The van der Waals surface area contributed by atoms with E-state index < -0.39 is 22.7 Å². The number of benzene rings is 2. The average molecular weight is 501 g/mol. The molecule has 4 nitrogen and oxygen atoms in total. The zero-order valence-corrected chi connectivity index (χ0v) is 23.2. The molecule has 0 bridgehead atoms. The summed E-state index contributed by atoms with van der Waals surface area (Å²) >= 11 is 0. The molecular weight excluding hydrogens is 460 g/mol. The maximum absolute atomic E-state index is 14.5. The highest BCUT2D eigenvalue weighted by Crippen LogP contribution is 2.46. The van der Waals surface area contributed by atoms with Crippen molar-refractivity contribution >= 4 is 23.1 Å². The number of hydrogen-bond donors (Lipinski definition) is 0. The largest absolute Gasteiger partial charge is 0.497 e. The second-order valence-electron chi connectivity index (χ2n) is 10.4. The summed E-state index contributed by atoms with van der Waals surface area (Å²) in [5, 5.41) is 1.00. The minimum atomic E-state index is -3.61. The van der Waals surface area contributed by atoms with Crippen molar-refractivity contribution < 1.29 is 17.9 Å². The maximum atomic E-state index is 14.5. The molecule has 0 spiro atoms. The van der Waals surface area contributed by atoms with Crippen LogP contribution in [0, 0.1) is 5.92 Å². The van der Waals surface area contributed by atoms with E-state index in [1.54, 1.807) is 14.2 Å². The Labute approximate surface area is 207 Å². The number of ether oxygens (including phenoxy) is 2. The zero-order chi connectivity index (χ0) is 25.0. The van der Waals surface area contributed by atoms with Crippen LogP contribution in [0.5, 0.6) is 5.75 Å². The molecule has 0 unspecified atom stereocenters. The van der Waals surface area contributed by atoms with E-state index >= 15 is 0 Å². The van der Waals surface area contributed by atoms with Crippen LogP contribution in [0.4, 0.5) is 0 Å². The lowest BCUT2D eigenvalue weighted by atomic mass is 9.74. The molecule has 0 amide bonds. The molecule has 1 aliphatic rings. The fraction of sp³-hybridized carbons (Fsp3) is 0.500. The van der Waals surface area contributed by atoms with Crippen molar-refractivity contribution in [1.29, 1.82) is 0 Å². The Morgan fingerprint density at radius 3 is 2.56 bits per heavy atom. The average Bonchev–Trinajstić information content (AvgIpc) is 2.83. The molecule has 186 valence electrons. The lowest BCUT2D eigenvalue weighted by molar-refractivity contribution is 0.00409. The molecule has 3 atom stereocenters. The van der Waals surface area contributed by atoms with Gasteiger partial charge < -0.3 is 9.47 Å². The van der Waals surface area contributed by atoms with Gasteiger partial charge in [-0.2, -0.15) is 0 Å². The van der Waals surface area contributed by atoms with Gasteiger partial charge in [-0.05, 0) is 74.0 Å². The molecule has 2 aromatic carbocycles. The van der Waals surface area contributed by atoms with Gasteiger partial charge in [0, 0.05) is 13.0 Å². The van der Waals surface area contributed by atoms with Gasteiger partial charge in [-0.3, -0.25) is 0 Å². The van der Waals surface area contributed by atoms with Crippen molar-refractivity contribution in [2.75, 3.05) is 14.2 Å². The molecule has 0 aliphatic heterocycles. The molecule has 0 radical (unpaired) electrons. The van der Waals surface area contributed by atoms with E-state index in [1.165, 1.54) is 0 Å². The number of rotatable bonds is 10. The Morgan fingerprint density at radius 2 is 1.88 bits per heavy atom. The van der Waals surface area contributed by atoms with Gasteiger partial charge in [0.05, 0.1) is 30.9 Å². The Morgan fingerprint density at radius 1 is 1.15 bits per heavy atom. The number of allylic oxidation sites excluding steroid dienone is 1. The lowest BCUT2D eigenvalue weighted by Gasteiger charge is -2.45. The number of hydrogen-bond acceptors (Lipinski definition) is 4. The predicted molar refractivity (Wildman–Crippen MR) is 144 cm³/mol. The smallest absolute Gasteiger partial charge is 0.184 e. The first-order valence-corrected chi connectivity index (χ1v) is 16.9. The van der Waals surface area contributed by atoms with E-state index in [0.29, 0.717) is 11.3 Å². The van der Waals surface area contributed by atoms with Gasteiger partial charge in [0.25, 0.3) is 0 Å². The molecule has 34 heavy (non-hydrogen) atoms. The van der Waals surface area contributed by atoms with Gasteiger partial charge in [0.2, 0.25) is 0 Å². The standard InChI is InChI=1S/C28H40O4SSi/c1-7-20-34(5,6)27-16-9-8-15-26(27)33(29,30)28(2)19-11-14-25(32-4)24(28)18-17-22-12-10-13-23(21-22)31-3/h7-10,12-13,15-16,21,24-25H,1,11,14,17-20H2,2-6H3/t24-,25-,28-/m1/s1. The van der Waals surface area contributed by atoms with E-state index in [2.05, 4.69) is 25.7 Å². The Hall–Kier alpha value is -1.89. The first-order valence-electron chi connectivity index (χ1n) is 12.2. The Balaban J connectivity index is 2.03. The van der Waals surface area contributed by atoms with Gasteiger partial charge >= 0.3 is 0 Å². The predicted octanol–water partition coefficient (Wildman–Crippen LogP) is 5.78. The minimum Gasteiger partial charge on any atom is -0.497 e. The van der Waals surface area contributed by atoms with Crippen LogP contribution >= 0.6 is 0 Å². The minimum absolute atomic E-state index is 0.0790. The number of sulfone groups is 1. The molecule has 3 rings (SSSR count). The monoisotopic (exact) mass is 500 g/mol. The van der Waals surface area contributed by atoms with Gasteiger partial charge in [0.15, 0.2) is 9.84 Å². The normalized spacial score (nSPS) is 23.4. The maximum Gasteiger partial charge on any atom is 0.184 e. The van der Waals surface area contributed by atoms with Gasteiger partial charge in [-0.1, -0.05) is 49.5 Å². The summed E-state index contributed by atoms with van der Waals surface area (Å²) in [6.07, 6.45) is 5.76. The van der Waals surface area contributed by atoms with Crippen LogP contribution in [-0.4, -0.2) is 41.6 Å². The fourth-order valence-electron chi connectivity index (χ4n) is 5.67. The summed E-state index contributed by atoms with van der Waals surface area (Å²) in [6, 6.07) is 16.6. The lowest BCUT2D eigenvalue weighted by Crippen LogP contribution is -2.54. The molecule has 6 heteroatoms. The summed E-state index contributed by atoms with van der Waals surface area (Å²) in [7, 11) is -2.22. The van der Waals surface area contributed by atoms with E-state index in [0.717, 1.165) is 48.2 Å². The summed E-state index contributed by atoms with van der Waals surface area (Å²) in [5.41, 5.74) is 1.15. The third-order valence-electron chi connectivity index (χ3n) is 7.75. The molecule has 1 fully saturated rings. The van der Waals surface area contributed by atoms with Gasteiger partial charge in [0.1, 0.15) is 5.75 Å². The van der Waals surface area contributed by atoms with E-state index in [-0.39, 0.29) is 12.0 Å². The number of aryl methyl sites for hydroxylation is 1. The second kappa shape index (κ2) is 10.8. The summed E-state index contributed by atoms with van der Waals surface area (Å²) < 4.78 is 39.4.